The van der Waals surface area contributed by atoms with E-state index in [1.54, 1.807) is 18.2 Å². The summed E-state index contributed by atoms with van der Waals surface area (Å²) in [6, 6.07) is 14.1. The highest BCUT2D eigenvalue weighted by molar-refractivity contribution is 5.96. The number of carbonyl (C=O) groups excluding carboxylic acids is 1. The maximum absolute atomic E-state index is 14.1. The van der Waals surface area contributed by atoms with Crippen LogP contribution in [0, 0.1) is 18.2 Å². The van der Waals surface area contributed by atoms with Gasteiger partial charge in [-0.1, -0.05) is 30.2 Å². The second-order valence-electron chi connectivity index (χ2n) is 6.11. The lowest BCUT2D eigenvalue weighted by atomic mass is 10.1. The monoisotopic (exact) mass is 333 g/mol. The van der Waals surface area contributed by atoms with Gasteiger partial charge in [-0.2, -0.15) is 0 Å². The molecule has 25 heavy (non-hydrogen) atoms. The van der Waals surface area contributed by atoms with Gasteiger partial charge in [0.2, 0.25) is 5.91 Å². The first-order valence-electron chi connectivity index (χ1n) is 8.12. The van der Waals surface area contributed by atoms with Gasteiger partial charge in [-0.3, -0.25) is 4.79 Å². The standard InChI is InChI=1S/C20H16FN3O/c1-2-11-23-18-10-6-4-8-16(18)22-20(23)14-12-19(25)24(13-14)17-9-5-3-7-15(17)21/h1,3-10,14H,11-13H2. The van der Waals surface area contributed by atoms with Gasteiger partial charge in [-0.15, -0.1) is 6.42 Å². The van der Waals surface area contributed by atoms with Crippen molar-refractivity contribution in [2.75, 3.05) is 11.4 Å². The molecule has 0 N–H and O–H groups in total. The number of nitrogens with zero attached hydrogens (tertiary/aromatic N) is 3. The van der Waals surface area contributed by atoms with Gasteiger partial charge in [0.15, 0.2) is 0 Å². The van der Waals surface area contributed by atoms with Crippen molar-refractivity contribution in [3.63, 3.8) is 0 Å². The zero-order valence-electron chi connectivity index (χ0n) is 13.5. The molecule has 1 amide bonds. The molecule has 5 heteroatoms. The number of amides is 1. The Hall–Kier alpha value is -3.13. The highest BCUT2D eigenvalue weighted by Crippen LogP contribution is 2.34. The van der Waals surface area contributed by atoms with Crippen LogP contribution in [0.1, 0.15) is 18.2 Å². The quantitative estimate of drug-likeness (QED) is 0.690. The van der Waals surface area contributed by atoms with Crippen molar-refractivity contribution in [2.45, 2.75) is 18.9 Å². The third-order valence-corrected chi connectivity index (χ3v) is 4.57. The van der Waals surface area contributed by atoms with E-state index in [9.17, 15) is 9.18 Å². The van der Waals surface area contributed by atoms with E-state index in [1.807, 2.05) is 28.8 Å². The number of anilines is 1. The van der Waals surface area contributed by atoms with Crippen LogP contribution in [-0.4, -0.2) is 22.0 Å². The van der Waals surface area contributed by atoms with Crippen LogP contribution in [0.4, 0.5) is 10.1 Å². The number of aromatic nitrogens is 2. The van der Waals surface area contributed by atoms with E-state index in [0.29, 0.717) is 25.2 Å². The molecule has 0 bridgehead atoms. The van der Waals surface area contributed by atoms with Crippen molar-refractivity contribution in [2.24, 2.45) is 0 Å². The van der Waals surface area contributed by atoms with Gasteiger partial charge in [0.25, 0.3) is 0 Å². The number of hydrogen-bond donors (Lipinski definition) is 0. The Morgan fingerprint density at radius 3 is 2.76 bits per heavy atom. The van der Waals surface area contributed by atoms with Crippen LogP contribution < -0.4 is 4.90 Å². The minimum Gasteiger partial charge on any atom is -0.316 e. The third kappa shape index (κ3) is 2.56. The number of hydrogen-bond acceptors (Lipinski definition) is 2. The first-order valence-corrected chi connectivity index (χ1v) is 8.12. The molecule has 0 saturated carbocycles. The van der Waals surface area contributed by atoms with E-state index >= 15 is 0 Å². The average Bonchev–Trinajstić information content (AvgIpc) is 3.17. The van der Waals surface area contributed by atoms with E-state index in [1.165, 1.54) is 11.0 Å². The maximum Gasteiger partial charge on any atom is 0.227 e. The summed E-state index contributed by atoms with van der Waals surface area (Å²) in [7, 11) is 0. The average molecular weight is 333 g/mol. The van der Waals surface area contributed by atoms with Crippen molar-refractivity contribution >= 4 is 22.6 Å². The summed E-state index contributed by atoms with van der Waals surface area (Å²) < 4.78 is 16.0. The SMILES string of the molecule is C#CCn1c(C2CC(=O)N(c3ccccc3F)C2)nc2ccccc21. The zero-order valence-corrected chi connectivity index (χ0v) is 13.5. The lowest BCUT2D eigenvalue weighted by Gasteiger charge is -2.17. The van der Waals surface area contributed by atoms with Crippen LogP contribution in [0.15, 0.2) is 48.5 Å². The summed E-state index contributed by atoms with van der Waals surface area (Å²) in [5.41, 5.74) is 2.12. The molecule has 0 aliphatic carbocycles. The molecule has 1 fully saturated rings. The summed E-state index contributed by atoms with van der Waals surface area (Å²) in [5.74, 6) is 2.82. The summed E-state index contributed by atoms with van der Waals surface area (Å²) in [4.78, 5) is 18.7. The zero-order chi connectivity index (χ0) is 17.4. The Morgan fingerprint density at radius 1 is 1.20 bits per heavy atom. The lowest BCUT2D eigenvalue weighted by Crippen LogP contribution is -2.25. The predicted octanol–water partition coefficient (Wildman–Crippen LogP) is 3.33. The van der Waals surface area contributed by atoms with Crippen LogP contribution in [0.2, 0.25) is 0 Å². The highest BCUT2D eigenvalue weighted by Gasteiger charge is 2.35. The molecule has 4 rings (SSSR count). The van der Waals surface area contributed by atoms with Crippen molar-refractivity contribution in [1.82, 2.24) is 9.55 Å². The van der Waals surface area contributed by atoms with Crippen LogP contribution in [0.5, 0.6) is 0 Å². The van der Waals surface area contributed by atoms with Crippen LogP contribution in [0.25, 0.3) is 11.0 Å². The number of fused-ring (bicyclic) bond motifs is 1. The largest absolute Gasteiger partial charge is 0.316 e. The van der Waals surface area contributed by atoms with Crippen LogP contribution in [0.3, 0.4) is 0 Å². The van der Waals surface area contributed by atoms with E-state index < -0.39 is 5.82 Å². The highest BCUT2D eigenvalue weighted by atomic mass is 19.1. The number of rotatable bonds is 3. The minimum atomic E-state index is -0.395. The van der Waals surface area contributed by atoms with Gasteiger partial charge in [0, 0.05) is 18.9 Å². The van der Waals surface area contributed by atoms with Crippen LogP contribution in [-0.2, 0) is 11.3 Å². The Morgan fingerprint density at radius 2 is 1.96 bits per heavy atom. The molecule has 1 unspecified atom stereocenters. The molecule has 124 valence electrons. The summed E-state index contributed by atoms with van der Waals surface area (Å²) in [5, 5.41) is 0. The molecule has 0 spiro atoms. The topological polar surface area (TPSA) is 38.1 Å². The van der Waals surface area contributed by atoms with Gasteiger partial charge in [0.05, 0.1) is 23.3 Å². The van der Waals surface area contributed by atoms with Gasteiger partial charge in [0.1, 0.15) is 11.6 Å². The second-order valence-corrected chi connectivity index (χ2v) is 6.11. The van der Waals surface area contributed by atoms with Crippen molar-refractivity contribution < 1.29 is 9.18 Å². The molecule has 1 aromatic heterocycles. The molecule has 2 aromatic carbocycles. The third-order valence-electron chi connectivity index (χ3n) is 4.57. The summed E-state index contributed by atoms with van der Waals surface area (Å²) in [6.07, 6.45) is 5.81. The molecular weight excluding hydrogens is 317 g/mol. The second kappa shape index (κ2) is 6.06. The minimum absolute atomic E-state index is 0.102. The normalized spacial score (nSPS) is 17.2. The fourth-order valence-corrected chi connectivity index (χ4v) is 3.45. The molecule has 0 radical (unpaired) electrons. The molecule has 1 aliphatic rings. The van der Waals surface area contributed by atoms with Crippen molar-refractivity contribution in [3.05, 3.63) is 60.2 Å². The Bertz CT molecular complexity index is 1000. The fourth-order valence-electron chi connectivity index (χ4n) is 3.45. The van der Waals surface area contributed by atoms with Gasteiger partial charge in [-0.25, -0.2) is 9.37 Å². The van der Waals surface area contributed by atoms with Gasteiger partial charge < -0.3 is 9.47 Å². The Labute approximate surface area is 144 Å². The number of halogens is 1. The molecule has 2 heterocycles. The van der Waals surface area contributed by atoms with E-state index in [2.05, 4.69) is 5.92 Å². The number of benzene rings is 2. The first kappa shape index (κ1) is 15.4. The fraction of sp³-hybridized carbons (Fsp3) is 0.200. The molecule has 1 atom stereocenters. The number of terminal acetylenes is 1. The molecular formula is C20H16FN3O. The number of imidazole rings is 1. The number of carbonyl (C=O) groups is 1. The van der Waals surface area contributed by atoms with E-state index in [0.717, 1.165) is 16.9 Å². The molecule has 3 aromatic rings. The summed E-state index contributed by atoms with van der Waals surface area (Å²) in [6.45, 7) is 0.786. The molecule has 1 aliphatic heterocycles. The summed E-state index contributed by atoms with van der Waals surface area (Å²) >= 11 is 0. The maximum atomic E-state index is 14.1. The van der Waals surface area contributed by atoms with Crippen molar-refractivity contribution in [1.29, 1.82) is 0 Å². The first-order chi connectivity index (χ1) is 12.2. The Kier molecular flexibility index (Phi) is 3.73. The van der Waals surface area contributed by atoms with Crippen LogP contribution >= 0.6 is 0 Å². The van der Waals surface area contributed by atoms with Gasteiger partial charge in [-0.05, 0) is 24.3 Å². The predicted molar refractivity (Wildman–Crippen MR) is 94.7 cm³/mol. The Balaban J connectivity index is 1.73. The van der Waals surface area contributed by atoms with Gasteiger partial charge >= 0.3 is 0 Å². The van der Waals surface area contributed by atoms with E-state index in [4.69, 9.17) is 11.4 Å². The number of para-hydroxylation sites is 3. The molecule has 1 saturated heterocycles. The van der Waals surface area contributed by atoms with E-state index in [-0.39, 0.29) is 11.8 Å². The van der Waals surface area contributed by atoms with Crippen molar-refractivity contribution in [3.8, 4) is 12.3 Å². The smallest absolute Gasteiger partial charge is 0.227 e. The lowest BCUT2D eigenvalue weighted by molar-refractivity contribution is -0.117. The molecule has 4 nitrogen and oxygen atoms in total.